The van der Waals surface area contributed by atoms with Gasteiger partial charge in [0.25, 0.3) is 0 Å². The summed E-state index contributed by atoms with van der Waals surface area (Å²) in [4.78, 5) is 24.6. The number of hydrogen-bond donors (Lipinski definition) is 3. The molecule has 0 amide bonds. The summed E-state index contributed by atoms with van der Waals surface area (Å²) in [6.45, 7) is 1.90. The highest BCUT2D eigenvalue weighted by atomic mass is 19.1. The highest BCUT2D eigenvalue weighted by Gasteiger charge is 2.12. The molecular weight excluding hydrogens is 263 g/mol. The molecule has 0 atom stereocenters. The fraction of sp³-hybridized carbons (Fsp3) is 0.143. The Labute approximate surface area is 114 Å². The number of carboxylic acids is 1. The number of carbonyl (C=O) groups is 1. The Bertz CT molecular complexity index is 710. The fourth-order valence-corrected chi connectivity index (χ4v) is 1.78. The van der Waals surface area contributed by atoms with E-state index in [4.69, 9.17) is 5.11 Å². The van der Waals surface area contributed by atoms with Crippen molar-refractivity contribution in [3.05, 3.63) is 57.8 Å². The number of anilines is 2. The SMILES string of the molecule is CCc1ccc(Nc2cc(=O)[nH]cc2C(=O)O)c(F)c1. The van der Waals surface area contributed by atoms with E-state index >= 15 is 0 Å². The lowest BCUT2D eigenvalue weighted by molar-refractivity contribution is 0.0697. The Morgan fingerprint density at radius 1 is 1.35 bits per heavy atom. The van der Waals surface area contributed by atoms with Gasteiger partial charge in [-0.2, -0.15) is 0 Å². The maximum atomic E-state index is 13.9. The number of aromatic amines is 1. The van der Waals surface area contributed by atoms with Crippen LogP contribution in [-0.4, -0.2) is 16.1 Å². The van der Waals surface area contributed by atoms with Crippen molar-refractivity contribution in [3.8, 4) is 0 Å². The third kappa shape index (κ3) is 2.85. The van der Waals surface area contributed by atoms with Gasteiger partial charge in [0, 0.05) is 12.3 Å². The number of benzene rings is 1. The van der Waals surface area contributed by atoms with Crippen molar-refractivity contribution in [2.45, 2.75) is 13.3 Å². The number of aromatic carboxylic acids is 1. The van der Waals surface area contributed by atoms with Crippen molar-refractivity contribution in [2.24, 2.45) is 0 Å². The van der Waals surface area contributed by atoms with E-state index in [9.17, 15) is 14.0 Å². The molecule has 0 bridgehead atoms. The smallest absolute Gasteiger partial charge is 0.339 e. The molecule has 0 saturated carbocycles. The van der Waals surface area contributed by atoms with Crippen LogP contribution < -0.4 is 10.9 Å². The molecule has 0 aliphatic heterocycles. The van der Waals surface area contributed by atoms with Gasteiger partial charge in [0.2, 0.25) is 5.56 Å². The Balaban J connectivity index is 2.41. The van der Waals surface area contributed by atoms with Crippen LogP contribution in [0.2, 0.25) is 0 Å². The normalized spacial score (nSPS) is 10.3. The van der Waals surface area contributed by atoms with Gasteiger partial charge in [0.1, 0.15) is 5.82 Å². The van der Waals surface area contributed by atoms with Crippen LogP contribution in [0.1, 0.15) is 22.8 Å². The van der Waals surface area contributed by atoms with Crippen molar-refractivity contribution in [3.63, 3.8) is 0 Å². The Morgan fingerprint density at radius 3 is 2.70 bits per heavy atom. The van der Waals surface area contributed by atoms with E-state index in [0.717, 1.165) is 17.8 Å². The average Bonchev–Trinajstić information content (AvgIpc) is 2.40. The summed E-state index contributed by atoms with van der Waals surface area (Å²) in [7, 11) is 0. The van der Waals surface area contributed by atoms with Gasteiger partial charge in [0.15, 0.2) is 0 Å². The van der Waals surface area contributed by atoms with Crippen LogP contribution in [0.15, 0.2) is 35.3 Å². The minimum atomic E-state index is -1.21. The first-order valence-corrected chi connectivity index (χ1v) is 6.02. The molecule has 3 N–H and O–H groups in total. The molecule has 0 radical (unpaired) electrons. The zero-order valence-electron chi connectivity index (χ0n) is 10.7. The van der Waals surface area contributed by atoms with Crippen molar-refractivity contribution >= 4 is 17.3 Å². The van der Waals surface area contributed by atoms with Crippen molar-refractivity contribution in [1.29, 1.82) is 0 Å². The molecule has 0 saturated heterocycles. The number of rotatable bonds is 4. The maximum absolute atomic E-state index is 13.9. The van der Waals surface area contributed by atoms with Crippen LogP contribution in [0.3, 0.4) is 0 Å². The molecular formula is C14H13FN2O3. The van der Waals surface area contributed by atoms with Crippen LogP contribution in [0.4, 0.5) is 15.8 Å². The summed E-state index contributed by atoms with van der Waals surface area (Å²) in [5, 5.41) is 11.7. The number of aromatic nitrogens is 1. The Kier molecular flexibility index (Phi) is 3.84. The third-order valence-corrected chi connectivity index (χ3v) is 2.87. The highest BCUT2D eigenvalue weighted by molar-refractivity contribution is 5.94. The second kappa shape index (κ2) is 5.56. The van der Waals surface area contributed by atoms with E-state index in [2.05, 4.69) is 10.3 Å². The van der Waals surface area contributed by atoms with E-state index < -0.39 is 17.3 Å². The molecule has 1 aromatic carbocycles. The topological polar surface area (TPSA) is 82.2 Å². The number of hydrogen-bond acceptors (Lipinski definition) is 3. The lowest BCUT2D eigenvalue weighted by Gasteiger charge is -2.10. The van der Waals surface area contributed by atoms with Crippen LogP contribution in [0.25, 0.3) is 0 Å². The van der Waals surface area contributed by atoms with Gasteiger partial charge in [-0.25, -0.2) is 9.18 Å². The number of H-pyrrole nitrogens is 1. The molecule has 0 aliphatic carbocycles. The van der Waals surface area contributed by atoms with Crippen molar-refractivity contribution in [2.75, 3.05) is 5.32 Å². The molecule has 1 aromatic heterocycles. The summed E-state index contributed by atoms with van der Waals surface area (Å²) in [6, 6.07) is 5.70. The third-order valence-electron chi connectivity index (χ3n) is 2.87. The minimum absolute atomic E-state index is 0.0457. The quantitative estimate of drug-likeness (QED) is 0.801. The van der Waals surface area contributed by atoms with E-state index in [1.807, 2.05) is 6.92 Å². The second-order valence-electron chi connectivity index (χ2n) is 4.22. The van der Waals surface area contributed by atoms with E-state index in [0.29, 0.717) is 6.42 Å². The van der Waals surface area contributed by atoms with E-state index in [-0.39, 0.29) is 16.9 Å². The first-order chi connectivity index (χ1) is 9.51. The molecule has 104 valence electrons. The molecule has 0 fully saturated rings. The van der Waals surface area contributed by atoms with E-state index in [1.165, 1.54) is 12.1 Å². The monoisotopic (exact) mass is 276 g/mol. The van der Waals surface area contributed by atoms with Crippen LogP contribution in [0.5, 0.6) is 0 Å². The highest BCUT2D eigenvalue weighted by Crippen LogP contribution is 2.22. The lowest BCUT2D eigenvalue weighted by Crippen LogP contribution is -2.11. The summed E-state index contributed by atoms with van der Waals surface area (Å²) in [5.41, 5.74) is 0.392. The van der Waals surface area contributed by atoms with Gasteiger partial charge >= 0.3 is 5.97 Å². The molecule has 5 nitrogen and oxygen atoms in total. The molecule has 0 spiro atoms. The van der Waals surface area contributed by atoms with Crippen LogP contribution in [0, 0.1) is 5.82 Å². The minimum Gasteiger partial charge on any atom is -0.478 e. The largest absolute Gasteiger partial charge is 0.478 e. The predicted octanol–water partition coefficient (Wildman–Crippen LogP) is 2.52. The molecule has 0 unspecified atom stereocenters. The summed E-state index contributed by atoms with van der Waals surface area (Å²) in [6.07, 6.45) is 1.77. The zero-order chi connectivity index (χ0) is 14.7. The van der Waals surface area contributed by atoms with Gasteiger partial charge in [0.05, 0.1) is 16.9 Å². The standard InChI is InChI=1S/C14H13FN2O3/c1-2-8-3-4-11(10(15)5-8)17-12-6-13(18)16-7-9(12)14(19)20/h3-7H,2H2,1H3,(H,19,20)(H2,16,17,18). The first kappa shape index (κ1) is 13.8. The molecule has 1 heterocycles. The maximum Gasteiger partial charge on any atom is 0.339 e. The molecule has 20 heavy (non-hydrogen) atoms. The zero-order valence-corrected chi connectivity index (χ0v) is 10.7. The van der Waals surface area contributed by atoms with Crippen LogP contribution >= 0.6 is 0 Å². The lowest BCUT2D eigenvalue weighted by atomic mass is 10.1. The summed E-state index contributed by atoms with van der Waals surface area (Å²) in [5.74, 6) is -1.71. The first-order valence-electron chi connectivity index (χ1n) is 6.02. The Hall–Kier alpha value is -2.63. The van der Waals surface area contributed by atoms with Crippen LogP contribution in [-0.2, 0) is 6.42 Å². The molecule has 2 aromatic rings. The number of nitrogens with one attached hydrogen (secondary N) is 2. The second-order valence-corrected chi connectivity index (χ2v) is 4.22. The predicted molar refractivity (Wildman–Crippen MR) is 73.1 cm³/mol. The fourth-order valence-electron chi connectivity index (χ4n) is 1.78. The van der Waals surface area contributed by atoms with Gasteiger partial charge in [-0.1, -0.05) is 13.0 Å². The molecule has 2 rings (SSSR count). The number of halogens is 1. The van der Waals surface area contributed by atoms with Gasteiger partial charge in [-0.3, -0.25) is 4.79 Å². The average molecular weight is 276 g/mol. The van der Waals surface area contributed by atoms with Gasteiger partial charge in [-0.15, -0.1) is 0 Å². The molecule has 0 aliphatic rings. The number of aryl methyl sites for hydroxylation is 1. The summed E-state index contributed by atoms with van der Waals surface area (Å²) >= 11 is 0. The van der Waals surface area contributed by atoms with Crippen molar-refractivity contribution < 1.29 is 14.3 Å². The van der Waals surface area contributed by atoms with Crippen molar-refractivity contribution in [1.82, 2.24) is 4.98 Å². The number of carboxylic acid groups (broad SMARTS) is 1. The molecule has 6 heteroatoms. The summed E-state index contributed by atoms with van der Waals surface area (Å²) < 4.78 is 13.9. The number of pyridine rings is 1. The Morgan fingerprint density at radius 2 is 2.10 bits per heavy atom. The van der Waals surface area contributed by atoms with Gasteiger partial charge in [-0.05, 0) is 24.1 Å². The van der Waals surface area contributed by atoms with E-state index in [1.54, 1.807) is 6.07 Å². The van der Waals surface area contributed by atoms with Gasteiger partial charge < -0.3 is 15.4 Å².